The van der Waals surface area contributed by atoms with E-state index in [0.717, 1.165) is 11.4 Å². The van der Waals surface area contributed by atoms with Crippen LogP contribution in [0, 0.1) is 0 Å². The van der Waals surface area contributed by atoms with E-state index in [-0.39, 0.29) is 5.60 Å². The van der Waals surface area contributed by atoms with Gasteiger partial charge in [-0.2, -0.15) is 0 Å². The molecule has 0 aromatic carbocycles. The lowest BCUT2D eigenvalue weighted by molar-refractivity contribution is -0.138. The second-order valence-electron chi connectivity index (χ2n) is 3.92. The fourth-order valence-corrected chi connectivity index (χ4v) is 1.18. The molecule has 4 heteroatoms. The van der Waals surface area contributed by atoms with Crippen molar-refractivity contribution in [3.8, 4) is 0 Å². The van der Waals surface area contributed by atoms with Gasteiger partial charge < -0.3 is 10.1 Å². The molecule has 1 unspecified atom stereocenters. The molecule has 0 saturated carbocycles. The zero-order valence-electron chi connectivity index (χ0n) is 8.47. The molecule has 1 aliphatic heterocycles. The minimum absolute atomic E-state index is 0.318. The first kappa shape index (κ1) is 12.9. The van der Waals surface area contributed by atoms with Crippen molar-refractivity contribution in [2.24, 2.45) is 0 Å². The van der Waals surface area contributed by atoms with E-state index in [0.29, 0.717) is 6.47 Å². The van der Waals surface area contributed by atoms with Crippen molar-refractivity contribution >= 4 is 22.4 Å². The van der Waals surface area contributed by atoms with Crippen molar-refractivity contribution in [1.82, 2.24) is 5.32 Å². The number of halogens is 1. The summed E-state index contributed by atoms with van der Waals surface area (Å²) >= 11 is 3.36. The summed E-state index contributed by atoms with van der Waals surface area (Å²) in [6.45, 7) is 7.14. The minimum Gasteiger partial charge on any atom is -0.462 e. The lowest BCUT2D eigenvalue weighted by Crippen LogP contribution is -2.43. The first-order valence-electron chi connectivity index (χ1n) is 4.40. The van der Waals surface area contributed by atoms with Gasteiger partial charge in [-0.1, -0.05) is 15.9 Å². The van der Waals surface area contributed by atoms with E-state index in [2.05, 4.69) is 26.0 Å². The molecule has 0 spiro atoms. The Morgan fingerprint density at radius 2 is 2.15 bits per heavy atom. The largest absolute Gasteiger partial charge is 0.462 e. The van der Waals surface area contributed by atoms with Crippen molar-refractivity contribution in [1.29, 1.82) is 0 Å². The van der Waals surface area contributed by atoms with Crippen LogP contribution in [0.1, 0.15) is 27.2 Å². The van der Waals surface area contributed by atoms with Crippen molar-refractivity contribution in [2.45, 2.75) is 38.8 Å². The Morgan fingerprint density at radius 1 is 1.62 bits per heavy atom. The SMILES string of the molecule is BrCC1CCN1.CC(C)(C)OC=O. The predicted octanol–water partition coefficient (Wildman–Crippen LogP) is 1.70. The number of carbonyl (C=O) groups excluding carboxylic acids is 1. The van der Waals surface area contributed by atoms with E-state index in [1.165, 1.54) is 13.0 Å². The topological polar surface area (TPSA) is 38.3 Å². The number of nitrogens with one attached hydrogen (secondary N) is 1. The fraction of sp³-hybridized carbons (Fsp3) is 0.889. The molecule has 78 valence electrons. The third-order valence-corrected chi connectivity index (χ3v) is 2.30. The molecular formula is C9H18BrNO2. The zero-order valence-corrected chi connectivity index (χ0v) is 10.1. The molecule has 0 radical (unpaired) electrons. The van der Waals surface area contributed by atoms with Gasteiger partial charge in [0.25, 0.3) is 6.47 Å². The maximum Gasteiger partial charge on any atom is 0.293 e. The molecule has 0 amide bonds. The van der Waals surface area contributed by atoms with Crippen LogP contribution in [0.25, 0.3) is 0 Å². The molecular weight excluding hydrogens is 234 g/mol. The number of carbonyl (C=O) groups is 1. The number of hydrogen-bond donors (Lipinski definition) is 1. The van der Waals surface area contributed by atoms with E-state index < -0.39 is 0 Å². The number of rotatable bonds is 2. The fourth-order valence-electron chi connectivity index (χ4n) is 0.625. The Kier molecular flexibility index (Phi) is 6.33. The summed E-state index contributed by atoms with van der Waals surface area (Å²) in [5.41, 5.74) is -0.318. The Morgan fingerprint density at radius 3 is 2.15 bits per heavy atom. The highest BCUT2D eigenvalue weighted by molar-refractivity contribution is 9.09. The predicted molar refractivity (Wildman–Crippen MR) is 57.1 cm³/mol. The maximum atomic E-state index is 9.60. The van der Waals surface area contributed by atoms with Gasteiger partial charge in [0, 0.05) is 11.4 Å². The first-order valence-corrected chi connectivity index (χ1v) is 5.52. The van der Waals surface area contributed by atoms with Gasteiger partial charge >= 0.3 is 0 Å². The lowest BCUT2D eigenvalue weighted by Gasteiger charge is -2.24. The molecule has 1 atom stereocenters. The Labute approximate surface area is 88.4 Å². The molecule has 0 aromatic rings. The van der Waals surface area contributed by atoms with Crippen LogP contribution in [0.4, 0.5) is 0 Å². The second kappa shape index (κ2) is 6.38. The molecule has 0 aromatic heterocycles. The average Bonchev–Trinajstić information content (AvgIpc) is 1.82. The lowest BCUT2D eigenvalue weighted by atomic mass is 10.1. The molecule has 1 heterocycles. The molecule has 13 heavy (non-hydrogen) atoms. The van der Waals surface area contributed by atoms with Crippen molar-refractivity contribution in [2.75, 3.05) is 11.9 Å². The van der Waals surface area contributed by atoms with E-state index in [4.69, 9.17) is 0 Å². The Balaban J connectivity index is 0.000000223. The molecule has 1 rings (SSSR count). The van der Waals surface area contributed by atoms with Crippen LogP contribution in [0.3, 0.4) is 0 Å². The first-order chi connectivity index (χ1) is 5.99. The summed E-state index contributed by atoms with van der Waals surface area (Å²) in [6, 6.07) is 0.782. The summed E-state index contributed by atoms with van der Waals surface area (Å²) in [5.74, 6) is 0. The highest BCUT2D eigenvalue weighted by atomic mass is 79.9. The summed E-state index contributed by atoms with van der Waals surface area (Å²) in [5, 5.41) is 4.37. The van der Waals surface area contributed by atoms with Crippen LogP contribution in [-0.4, -0.2) is 30.0 Å². The highest BCUT2D eigenvalue weighted by Crippen LogP contribution is 2.03. The Hall–Kier alpha value is -0.0900. The smallest absolute Gasteiger partial charge is 0.293 e. The standard InChI is InChI=1S/C5H10O2.C4H8BrN/c1-5(2,3)7-4-6;5-3-4-1-2-6-4/h4H,1-3H3;4,6H,1-3H2. The average molecular weight is 252 g/mol. The van der Waals surface area contributed by atoms with Gasteiger partial charge in [-0.3, -0.25) is 4.79 Å². The van der Waals surface area contributed by atoms with Gasteiger partial charge in [0.2, 0.25) is 0 Å². The number of ether oxygens (including phenoxy) is 1. The van der Waals surface area contributed by atoms with E-state index >= 15 is 0 Å². The van der Waals surface area contributed by atoms with Crippen molar-refractivity contribution < 1.29 is 9.53 Å². The monoisotopic (exact) mass is 251 g/mol. The third-order valence-electron chi connectivity index (χ3n) is 1.51. The van der Waals surface area contributed by atoms with E-state index in [9.17, 15) is 4.79 Å². The Bertz CT molecular complexity index is 138. The summed E-state index contributed by atoms with van der Waals surface area (Å²) < 4.78 is 4.55. The third kappa shape index (κ3) is 8.25. The van der Waals surface area contributed by atoms with Crippen LogP contribution in [-0.2, 0) is 9.53 Å². The summed E-state index contributed by atoms with van der Waals surface area (Å²) in [7, 11) is 0. The van der Waals surface area contributed by atoms with Gasteiger partial charge in [0.05, 0.1) is 0 Å². The normalized spacial score (nSPS) is 20.8. The van der Waals surface area contributed by atoms with Gasteiger partial charge in [-0.05, 0) is 33.7 Å². The van der Waals surface area contributed by atoms with Crippen LogP contribution in [0.2, 0.25) is 0 Å². The molecule has 3 nitrogen and oxygen atoms in total. The van der Waals surface area contributed by atoms with E-state index in [1.807, 2.05) is 20.8 Å². The van der Waals surface area contributed by atoms with Crippen LogP contribution >= 0.6 is 15.9 Å². The molecule has 1 aliphatic rings. The number of hydrogen-bond acceptors (Lipinski definition) is 3. The molecule has 1 N–H and O–H groups in total. The van der Waals surface area contributed by atoms with Crippen molar-refractivity contribution in [3.63, 3.8) is 0 Å². The van der Waals surface area contributed by atoms with Gasteiger partial charge in [-0.25, -0.2) is 0 Å². The van der Waals surface area contributed by atoms with Crippen LogP contribution < -0.4 is 5.32 Å². The minimum atomic E-state index is -0.318. The summed E-state index contributed by atoms with van der Waals surface area (Å²) in [4.78, 5) is 9.60. The molecule has 0 bridgehead atoms. The van der Waals surface area contributed by atoms with Gasteiger partial charge in [-0.15, -0.1) is 0 Å². The zero-order chi connectivity index (χ0) is 10.3. The quantitative estimate of drug-likeness (QED) is 0.600. The maximum absolute atomic E-state index is 9.60. The highest BCUT2D eigenvalue weighted by Gasteiger charge is 2.12. The van der Waals surface area contributed by atoms with Crippen molar-refractivity contribution in [3.05, 3.63) is 0 Å². The molecule has 1 fully saturated rings. The molecule has 0 aliphatic carbocycles. The number of alkyl halides is 1. The second-order valence-corrected chi connectivity index (χ2v) is 4.57. The van der Waals surface area contributed by atoms with Crippen LogP contribution in [0.5, 0.6) is 0 Å². The summed E-state index contributed by atoms with van der Waals surface area (Å²) in [6.07, 6.45) is 1.35. The van der Waals surface area contributed by atoms with Gasteiger partial charge in [0.15, 0.2) is 0 Å². The van der Waals surface area contributed by atoms with Crippen LogP contribution in [0.15, 0.2) is 0 Å². The van der Waals surface area contributed by atoms with Gasteiger partial charge in [0.1, 0.15) is 5.60 Å². The van der Waals surface area contributed by atoms with E-state index in [1.54, 1.807) is 0 Å². The molecule has 1 saturated heterocycles.